The number of benzene rings is 1. The largest absolute Gasteiger partial charge is 0.398 e. The van der Waals surface area contributed by atoms with Gasteiger partial charge in [-0.1, -0.05) is 26.8 Å². The SMILES string of the molecule is CC(C)Nc1ccc(C(C)(C)C)c(N)c1. The molecule has 3 N–H and O–H groups in total. The van der Waals surface area contributed by atoms with E-state index in [9.17, 15) is 0 Å². The van der Waals surface area contributed by atoms with E-state index >= 15 is 0 Å². The average molecular weight is 206 g/mol. The van der Waals surface area contributed by atoms with Gasteiger partial charge >= 0.3 is 0 Å². The van der Waals surface area contributed by atoms with Crippen LogP contribution >= 0.6 is 0 Å². The highest BCUT2D eigenvalue weighted by Gasteiger charge is 2.16. The Morgan fingerprint density at radius 2 is 1.80 bits per heavy atom. The van der Waals surface area contributed by atoms with Crippen molar-refractivity contribution in [2.75, 3.05) is 11.1 Å². The summed E-state index contributed by atoms with van der Waals surface area (Å²) in [6.45, 7) is 10.8. The summed E-state index contributed by atoms with van der Waals surface area (Å²) in [6.07, 6.45) is 0. The lowest BCUT2D eigenvalue weighted by atomic mass is 9.86. The van der Waals surface area contributed by atoms with E-state index < -0.39 is 0 Å². The van der Waals surface area contributed by atoms with Crippen molar-refractivity contribution in [3.63, 3.8) is 0 Å². The standard InChI is InChI=1S/C13H22N2/c1-9(2)15-10-6-7-11(12(14)8-10)13(3,4)5/h6-9,15H,14H2,1-5H3. The second-order valence-electron chi connectivity index (χ2n) is 5.35. The Morgan fingerprint density at radius 3 is 2.20 bits per heavy atom. The van der Waals surface area contributed by atoms with Gasteiger partial charge in [-0.3, -0.25) is 0 Å². The van der Waals surface area contributed by atoms with Crippen LogP contribution in [-0.4, -0.2) is 6.04 Å². The van der Waals surface area contributed by atoms with Crippen LogP contribution in [0.2, 0.25) is 0 Å². The maximum atomic E-state index is 6.04. The smallest absolute Gasteiger partial charge is 0.0372 e. The summed E-state index contributed by atoms with van der Waals surface area (Å²) in [5.74, 6) is 0. The molecule has 0 spiro atoms. The molecule has 0 aliphatic rings. The molecule has 2 heteroatoms. The molecule has 1 aromatic rings. The van der Waals surface area contributed by atoms with Crippen LogP contribution in [0.5, 0.6) is 0 Å². The van der Waals surface area contributed by atoms with Crippen molar-refractivity contribution in [2.24, 2.45) is 0 Å². The number of nitrogens with two attached hydrogens (primary N) is 1. The topological polar surface area (TPSA) is 38.0 Å². The molecule has 84 valence electrons. The van der Waals surface area contributed by atoms with Gasteiger partial charge in [-0.25, -0.2) is 0 Å². The Labute approximate surface area is 92.9 Å². The first-order chi connectivity index (χ1) is 6.80. The summed E-state index contributed by atoms with van der Waals surface area (Å²) < 4.78 is 0. The van der Waals surface area contributed by atoms with E-state index in [4.69, 9.17) is 5.73 Å². The van der Waals surface area contributed by atoms with Crippen LogP contribution < -0.4 is 11.1 Å². The Bertz CT molecular complexity index is 335. The van der Waals surface area contributed by atoms with Crippen LogP contribution in [-0.2, 0) is 5.41 Å². The van der Waals surface area contributed by atoms with Crippen LogP contribution in [0, 0.1) is 0 Å². The molecule has 0 saturated heterocycles. The van der Waals surface area contributed by atoms with Gasteiger partial charge in [-0.2, -0.15) is 0 Å². The fourth-order valence-electron chi connectivity index (χ4n) is 1.67. The molecule has 0 aliphatic heterocycles. The van der Waals surface area contributed by atoms with Crippen LogP contribution in [0.3, 0.4) is 0 Å². The Balaban J connectivity index is 2.99. The summed E-state index contributed by atoms with van der Waals surface area (Å²) in [5, 5.41) is 3.34. The minimum atomic E-state index is 0.112. The lowest BCUT2D eigenvalue weighted by Gasteiger charge is -2.22. The molecule has 0 aromatic heterocycles. The molecule has 0 saturated carbocycles. The van der Waals surface area contributed by atoms with Crippen molar-refractivity contribution in [3.8, 4) is 0 Å². The Hall–Kier alpha value is -1.18. The second kappa shape index (κ2) is 4.13. The van der Waals surface area contributed by atoms with Crippen molar-refractivity contribution >= 4 is 11.4 Å². The molecule has 0 amide bonds. The monoisotopic (exact) mass is 206 g/mol. The number of rotatable bonds is 2. The van der Waals surface area contributed by atoms with Gasteiger partial charge in [0.1, 0.15) is 0 Å². The van der Waals surface area contributed by atoms with Crippen LogP contribution in [0.4, 0.5) is 11.4 Å². The minimum Gasteiger partial charge on any atom is -0.398 e. The first-order valence-electron chi connectivity index (χ1n) is 5.47. The highest BCUT2D eigenvalue weighted by Crippen LogP contribution is 2.29. The van der Waals surface area contributed by atoms with Gasteiger partial charge in [-0.15, -0.1) is 0 Å². The van der Waals surface area contributed by atoms with Gasteiger partial charge in [0.25, 0.3) is 0 Å². The molecule has 0 atom stereocenters. The number of nitrogens with one attached hydrogen (secondary N) is 1. The predicted octanol–water partition coefficient (Wildman–Crippen LogP) is 3.39. The first kappa shape index (κ1) is 11.9. The van der Waals surface area contributed by atoms with E-state index in [1.54, 1.807) is 0 Å². The summed E-state index contributed by atoms with van der Waals surface area (Å²) in [7, 11) is 0. The van der Waals surface area contributed by atoms with E-state index in [1.165, 1.54) is 5.56 Å². The van der Waals surface area contributed by atoms with Crippen molar-refractivity contribution in [1.82, 2.24) is 0 Å². The van der Waals surface area contributed by atoms with Gasteiger partial charge in [0, 0.05) is 17.4 Å². The third-order valence-corrected chi connectivity index (χ3v) is 2.31. The zero-order chi connectivity index (χ0) is 11.6. The van der Waals surface area contributed by atoms with Crippen molar-refractivity contribution in [1.29, 1.82) is 0 Å². The second-order valence-corrected chi connectivity index (χ2v) is 5.35. The molecule has 1 rings (SSSR count). The summed E-state index contributed by atoms with van der Waals surface area (Å²) in [6, 6.07) is 6.65. The molecule has 0 fully saturated rings. The molecule has 0 radical (unpaired) electrons. The van der Waals surface area contributed by atoms with Gasteiger partial charge in [0.05, 0.1) is 0 Å². The summed E-state index contributed by atoms with van der Waals surface area (Å²) >= 11 is 0. The third-order valence-electron chi connectivity index (χ3n) is 2.31. The highest BCUT2D eigenvalue weighted by atomic mass is 14.9. The molecule has 1 aromatic carbocycles. The molecule has 15 heavy (non-hydrogen) atoms. The zero-order valence-corrected chi connectivity index (χ0v) is 10.4. The Kier molecular flexibility index (Phi) is 3.28. The maximum Gasteiger partial charge on any atom is 0.0372 e. The molecule has 0 bridgehead atoms. The maximum absolute atomic E-state index is 6.04. The molecular formula is C13H22N2. The van der Waals surface area contributed by atoms with Gasteiger partial charge < -0.3 is 11.1 Å². The Morgan fingerprint density at radius 1 is 1.20 bits per heavy atom. The number of hydrogen-bond donors (Lipinski definition) is 2. The van der Waals surface area contributed by atoms with Gasteiger partial charge in [0.2, 0.25) is 0 Å². The molecule has 2 nitrogen and oxygen atoms in total. The molecular weight excluding hydrogens is 184 g/mol. The van der Waals surface area contributed by atoms with E-state index in [1.807, 2.05) is 6.07 Å². The predicted molar refractivity (Wildman–Crippen MR) is 68.3 cm³/mol. The average Bonchev–Trinajstić information content (AvgIpc) is 1.99. The van der Waals surface area contributed by atoms with E-state index in [2.05, 4.69) is 52.1 Å². The van der Waals surface area contributed by atoms with Gasteiger partial charge in [-0.05, 0) is 37.0 Å². The lowest BCUT2D eigenvalue weighted by Crippen LogP contribution is -2.15. The third kappa shape index (κ3) is 3.15. The normalized spacial score (nSPS) is 11.9. The fraction of sp³-hybridized carbons (Fsp3) is 0.538. The zero-order valence-electron chi connectivity index (χ0n) is 10.4. The number of nitrogen functional groups attached to an aromatic ring is 1. The van der Waals surface area contributed by atoms with Crippen LogP contribution in [0.15, 0.2) is 18.2 Å². The molecule has 0 unspecified atom stereocenters. The number of hydrogen-bond acceptors (Lipinski definition) is 2. The molecule has 0 heterocycles. The number of anilines is 2. The molecule has 0 aliphatic carbocycles. The summed E-state index contributed by atoms with van der Waals surface area (Å²) in [4.78, 5) is 0. The fourth-order valence-corrected chi connectivity index (χ4v) is 1.67. The van der Waals surface area contributed by atoms with Crippen molar-refractivity contribution in [2.45, 2.75) is 46.1 Å². The summed E-state index contributed by atoms with van der Waals surface area (Å²) in [5.41, 5.74) is 9.32. The first-order valence-corrected chi connectivity index (χ1v) is 5.47. The van der Waals surface area contributed by atoms with E-state index in [0.29, 0.717) is 6.04 Å². The van der Waals surface area contributed by atoms with E-state index in [-0.39, 0.29) is 5.41 Å². The van der Waals surface area contributed by atoms with Crippen LogP contribution in [0.1, 0.15) is 40.2 Å². The highest BCUT2D eigenvalue weighted by molar-refractivity contribution is 5.60. The van der Waals surface area contributed by atoms with E-state index in [0.717, 1.165) is 11.4 Å². The van der Waals surface area contributed by atoms with Crippen molar-refractivity contribution < 1.29 is 0 Å². The van der Waals surface area contributed by atoms with Gasteiger partial charge in [0.15, 0.2) is 0 Å². The quantitative estimate of drug-likeness (QED) is 0.728. The minimum absolute atomic E-state index is 0.112. The van der Waals surface area contributed by atoms with Crippen molar-refractivity contribution in [3.05, 3.63) is 23.8 Å². The lowest BCUT2D eigenvalue weighted by molar-refractivity contribution is 0.592. The van der Waals surface area contributed by atoms with Crippen LogP contribution in [0.25, 0.3) is 0 Å².